The Hall–Kier alpha value is -1.84. The Labute approximate surface area is 145 Å². The van der Waals surface area contributed by atoms with E-state index in [1.54, 1.807) is 20.8 Å². The molecule has 0 unspecified atom stereocenters. The van der Waals surface area contributed by atoms with Crippen LogP contribution in [-0.4, -0.2) is 23.5 Å². The Morgan fingerprint density at radius 2 is 1.79 bits per heavy atom. The van der Waals surface area contributed by atoms with Crippen molar-refractivity contribution in [3.63, 3.8) is 0 Å². The number of Topliss-reactive ketones (excluding diaryl/α,β-unsaturated/α-hetero) is 1. The van der Waals surface area contributed by atoms with Crippen LogP contribution in [-0.2, 0) is 16.0 Å². The number of rotatable bonds is 9. The van der Waals surface area contributed by atoms with Crippen molar-refractivity contribution in [2.24, 2.45) is 5.41 Å². The van der Waals surface area contributed by atoms with Gasteiger partial charge in [-0.25, -0.2) is 0 Å². The monoisotopic (exact) mass is 334 g/mol. The van der Waals surface area contributed by atoms with Gasteiger partial charge in [-0.15, -0.1) is 0 Å². The molecular weight excluding hydrogens is 304 g/mol. The first-order valence-electron chi connectivity index (χ1n) is 8.51. The van der Waals surface area contributed by atoms with Crippen LogP contribution in [0.15, 0.2) is 6.07 Å². The molecule has 1 aromatic rings. The third kappa shape index (κ3) is 5.36. The number of carbonyl (C=O) groups is 2. The predicted octanol–water partition coefficient (Wildman–Crippen LogP) is 4.40. The summed E-state index contributed by atoms with van der Waals surface area (Å²) in [5.41, 5.74) is 3.75. The highest BCUT2D eigenvalue weighted by Crippen LogP contribution is 2.31. The summed E-state index contributed by atoms with van der Waals surface area (Å²) >= 11 is 0. The van der Waals surface area contributed by atoms with Gasteiger partial charge in [-0.3, -0.25) is 4.79 Å². The van der Waals surface area contributed by atoms with Crippen molar-refractivity contribution in [3.8, 4) is 5.75 Å². The van der Waals surface area contributed by atoms with Gasteiger partial charge in [0.2, 0.25) is 0 Å². The lowest BCUT2D eigenvalue weighted by Gasteiger charge is -2.21. The van der Waals surface area contributed by atoms with E-state index in [-0.39, 0.29) is 5.78 Å². The zero-order valence-corrected chi connectivity index (χ0v) is 15.8. The fraction of sp³-hybridized carbons (Fsp3) is 0.600. The average Bonchev–Trinajstić information content (AvgIpc) is 2.46. The van der Waals surface area contributed by atoms with Gasteiger partial charge in [0.15, 0.2) is 0 Å². The molecule has 134 valence electrons. The van der Waals surface area contributed by atoms with Gasteiger partial charge in [0.05, 0.1) is 12.0 Å². The van der Waals surface area contributed by atoms with E-state index in [4.69, 9.17) is 9.84 Å². The van der Waals surface area contributed by atoms with Crippen LogP contribution < -0.4 is 4.74 Å². The van der Waals surface area contributed by atoms with Crippen molar-refractivity contribution in [2.45, 2.75) is 67.2 Å². The second kappa shape index (κ2) is 8.32. The van der Waals surface area contributed by atoms with Gasteiger partial charge in [-0.2, -0.15) is 0 Å². The highest BCUT2D eigenvalue weighted by molar-refractivity contribution is 5.76. The molecule has 0 saturated heterocycles. The average molecular weight is 334 g/mol. The van der Waals surface area contributed by atoms with Crippen LogP contribution in [0.25, 0.3) is 0 Å². The molecule has 0 aromatic heterocycles. The van der Waals surface area contributed by atoms with Gasteiger partial charge >= 0.3 is 5.97 Å². The molecule has 24 heavy (non-hydrogen) atoms. The van der Waals surface area contributed by atoms with Gasteiger partial charge in [-0.05, 0) is 83.1 Å². The van der Waals surface area contributed by atoms with Crippen LogP contribution in [0.2, 0.25) is 0 Å². The first kappa shape index (κ1) is 20.2. The number of hydrogen-bond donors (Lipinski definition) is 1. The number of carboxylic acids is 1. The van der Waals surface area contributed by atoms with Crippen molar-refractivity contribution < 1.29 is 19.4 Å². The summed E-state index contributed by atoms with van der Waals surface area (Å²) < 4.78 is 6.03. The largest absolute Gasteiger partial charge is 0.493 e. The Bertz CT molecular complexity index is 615. The molecule has 0 bridgehead atoms. The summed E-state index contributed by atoms with van der Waals surface area (Å²) in [4.78, 5) is 22.5. The van der Waals surface area contributed by atoms with Crippen molar-refractivity contribution in [1.29, 1.82) is 0 Å². The van der Waals surface area contributed by atoms with E-state index in [2.05, 4.69) is 13.0 Å². The number of ketones is 1. The van der Waals surface area contributed by atoms with Crippen LogP contribution in [0, 0.1) is 26.2 Å². The van der Waals surface area contributed by atoms with E-state index in [0.29, 0.717) is 32.3 Å². The van der Waals surface area contributed by atoms with Gasteiger partial charge in [0.1, 0.15) is 11.5 Å². The summed E-state index contributed by atoms with van der Waals surface area (Å²) in [6.07, 6.45) is 2.43. The highest BCUT2D eigenvalue weighted by Gasteiger charge is 2.26. The lowest BCUT2D eigenvalue weighted by atomic mass is 9.88. The Morgan fingerprint density at radius 3 is 2.33 bits per heavy atom. The third-order valence-electron chi connectivity index (χ3n) is 4.61. The number of carbonyl (C=O) groups excluding carboxylic acids is 1. The fourth-order valence-corrected chi connectivity index (χ4v) is 2.71. The molecule has 0 aliphatic heterocycles. The summed E-state index contributed by atoms with van der Waals surface area (Å²) in [7, 11) is 0. The first-order chi connectivity index (χ1) is 11.1. The highest BCUT2D eigenvalue weighted by atomic mass is 16.5. The second-order valence-corrected chi connectivity index (χ2v) is 7.29. The molecule has 1 aromatic carbocycles. The number of aryl methyl sites for hydroxylation is 2. The molecule has 0 fully saturated rings. The lowest BCUT2D eigenvalue weighted by molar-refractivity contribution is -0.147. The number of hydrogen-bond acceptors (Lipinski definition) is 3. The van der Waals surface area contributed by atoms with Gasteiger partial charge in [-0.1, -0.05) is 6.07 Å². The van der Waals surface area contributed by atoms with Crippen molar-refractivity contribution >= 4 is 11.8 Å². The quantitative estimate of drug-likeness (QED) is 0.680. The number of aliphatic carboxylic acids is 1. The summed E-state index contributed by atoms with van der Waals surface area (Å²) in [5, 5.41) is 9.17. The van der Waals surface area contributed by atoms with Gasteiger partial charge in [0, 0.05) is 6.42 Å². The Morgan fingerprint density at radius 1 is 1.17 bits per heavy atom. The normalized spacial score (nSPS) is 11.4. The number of ether oxygens (including phenoxy) is 1. The van der Waals surface area contributed by atoms with Crippen LogP contribution in [0.1, 0.15) is 62.3 Å². The van der Waals surface area contributed by atoms with E-state index in [0.717, 1.165) is 22.4 Å². The minimum atomic E-state index is -0.785. The van der Waals surface area contributed by atoms with E-state index < -0.39 is 11.4 Å². The van der Waals surface area contributed by atoms with Crippen LogP contribution in [0.5, 0.6) is 5.75 Å². The predicted molar refractivity (Wildman–Crippen MR) is 95.8 cm³/mol. The fourth-order valence-electron chi connectivity index (χ4n) is 2.71. The standard InChI is InChI=1S/C20H30O4/c1-13-12-14(2)17(9-8-15(3)21)18(16(13)4)24-11-7-10-20(5,6)19(22)23/h12H,7-11H2,1-6H3,(H,22,23). The van der Waals surface area contributed by atoms with Crippen LogP contribution >= 0.6 is 0 Å². The molecule has 0 spiro atoms. The zero-order valence-electron chi connectivity index (χ0n) is 15.8. The first-order valence-corrected chi connectivity index (χ1v) is 8.51. The molecule has 0 radical (unpaired) electrons. The Balaban J connectivity index is 2.85. The third-order valence-corrected chi connectivity index (χ3v) is 4.61. The lowest BCUT2D eigenvalue weighted by Crippen LogP contribution is -2.24. The van der Waals surface area contributed by atoms with E-state index in [1.807, 2.05) is 13.8 Å². The minimum Gasteiger partial charge on any atom is -0.493 e. The molecule has 0 saturated carbocycles. The molecule has 4 nitrogen and oxygen atoms in total. The molecule has 4 heteroatoms. The molecular formula is C20H30O4. The van der Waals surface area contributed by atoms with E-state index in [9.17, 15) is 9.59 Å². The molecule has 1 N–H and O–H groups in total. The van der Waals surface area contributed by atoms with Crippen LogP contribution in [0.4, 0.5) is 0 Å². The maximum Gasteiger partial charge on any atom is 0.309 e. The molecule has 1 rings (SSSR count). The minimum absolute atomic E-state index is 0.168. The summed E-state index contributed by atoms with van der Waals surface area (Å²) in [5.74, 6) is 0.246. The summed E-state index contributed by atoms with van der Waals surface area (Å²) in [6.45, 7) is 11.7. The Kier molecular flexibility index (Phi) is 7.00. The molecule has 0 heterocycles. The smallest absolute Gasteiger partial charge is 0.309 e. The van der Waals surface area contributed by atoms with Crippen molar-refractivity contribution in [3.05, 3.63) is 28.3 Å². The second-order valence-electron chi connectivity index (χ2n) is 7.29. The topological polar surface area (TPSA) is 63.6 Å². The molecule has 0 aliphatic rings. The van der Waals surface area contributed by atoms with Gasteiger partial charge in [0.25, 0.3) is 0 Å². The number of carboxylic acid groups (broad SMARTS) is 1. The molecule has 0 atom stereocenters. The summed E-state index contributed by atoms with van der Waals surface area (Å²) in [6, 6.07) is 2.13. The zero-order chi connectivity index (χ0) is 18.5. The van der Waals surface area contributed by atoms with E-state index in [1.165, 1.54) is 5.56 Å². The van der Waals surface area contributed by atoms with Crippen molar-refractivity contribution in [2.75, 3.05) is 6.61 Å². The van der Waals surface area contributed by atoms with Crippen LogP contribution in [0.3, 0.4) is 0 Å². The maximum atomic E-state index is 11.3. The maximum absolute atomic E-state index is 11.3. The van der Waals surface area contributed by atoms with Crippen molar-refractivity contribution in [1.82, 2.24) is 0 Å². The molecule has 0 aliphatic carbocycles. The molecule has 0 amide bonds. The van der Waals surface area contributed by atoms with E-state index >= 15 is 0 Å². The SMILES string of the molecule is CC(=O)CCc1c(C)cc(C)c(C)c1OCCCC(C)(C)C(=O)O. The number of benzene rings is 1. The van der Waals surface area contributed by atoms with Gasteiger partial charge < -0.3 is 14.6 Å².